The van der Waals surface area contributed by atoms with Gasteiger partial charge in [-0.25, -0.2) is 18.6 Å². The Labute approximate surface area is 180 Å². The van der Waals surface area contributed by atoms with Crippen LogP contribution in [0.2, 0.25) is 5.02 Å². The van der Waals surface area contributed by atoms with Gasteiger partial charge in [-0.2, -0.15) is 12.8 Å². The maximum Gasteiger partial charge on any atom is 0.277 e. The van der Waals surface area contributed by atoms with Crippen LogP contribution >= 0.6 is 11.6 Å². The van der Waals surface area contributed by atoms with E-state index in [-0.39, 0.29) is 28.5 Å². The minimum atomic E-state index is -4.28. The van der Waals surface area contributed by atoms with Crippen LogP contribution in [0.3, 0.4) is 0 Å². The largest absolute Gasteiger partial charge is 0.322 e. The van der Waals surface area contributed by atoms with Gasteiger partial charge in [0.25, 0.3) is 15.9 Å². The molecule has 0 fully saturated rings. The van der Waals surface area contributed by atoms with E-state index in [1.807, 2.05) is 0 Å². The summed E-state index contributed by atoms with van der Waals surface area (Å²) < 4.78 is 67.4. The molecule has 2 N–H and O–H groups in total. The minimum absolute atomic E-state index is 0.0807. The molecule has 0 spiro atoms. The first-order valence-corrected chi connectivity index (χ1v) is 10.6. The van der Waals surface area contributed by atoms with Crippen LogP contribution in [0, 0.1) is 17.5 Å². The molecule has 3 aromatic carbocycles. The number of hydrogen-bond acceptors (Lipinski definition) is 4. The lowest BCUT2D eigenvalue weighted by atomic mass is 10.1. The van der Waals surface area contributed by atoms with Crippen molar-refractivity contribution in [1.82, 2.24) is 5.43 Å². The summed E-state index contributed by atoms with van der Waals surface area (Å²) in [6, 6.07) is 10.5. The van der Waals surface area contributed by atoms with Crippen molar-refractivity contribution in [1.29, 1.82) is 0 Å². The average Bonchev–Trinajstić information content (AvgIpc) is 3.14. The molecule has 1 amide bonds. The van der Waals surface area contributed by atoms with E-state index in [1.54, 1.807) is 6.07 Å². The summed E-state index contributed by atoms with van der Waals surface area (Å²) in [5, 5.41) is 2.40. The maximum absolute atomic E-state index is 14.0. The number of halogens is 4. The highest BCUT2D eigenvalue weighted by atomic mass is 35.5. The summed E-state index contributed by atoms with van der Waals surface area (Å²) in [6.07, 6.45) is 0. The SMILES string of the molecule is O=C(Nc1ccc2c(c1)N(S(=O)(=O)c1ccc(F)c(F)c1)NC2)c1c(F)cccc1Cl. The van der Waals surface area contributed by atoms with Crippen LogP contribution in [-0.4, -0.2) is 14.3 Å². The summed E-state index contributed by atoms with van der Waals surface area (Å²) in [6.45, 7) is 0.144. The van der Waals surface area contributed by atoms with Crippen LogP contribution in [0.1, 0.15) is 15.9 Å². The molecule has 0 aromatic heterocycles. The Balaban J connectivity index is 1.66. The molecular formula is C20H13ClF3N3O3S. The van der Waals surface area contributed by atoms with Gasteiger partial charge in [0.15, 0.2) is 11.6 Å². The van der Waals surface area contributed by atoms with Crippen molar-refractivity contribution in [3.8, 4) is 0 Å². The molecule has 3 aromatic rings. The van der Waals surface area contributed by atoms with E-state index < -0.39 is 38.3 Å². The van der Waals surface area contributed by atoms with Gasteiger partial charge in [-0.05, 0) is 48.0 Å². The van der Waals surface area contributed by atoms with Crippen LogP contribution in [0.15, 0.2) is 59.5 Å². The summed E-state index contributed by atoms with van der Waals surface area (Å²) in [7, 11) is -4.28. The van der Waals surface area contributed by atoms with Gasteiger partial charge in [0, 0.05) is 12.2 Å². The fourth-order valence-corrected chi connectivity index (χ4v) is 4.70. The lowest BCUT2D eigenvalue weighted by molar-refractivity contribution is 0.102. The number of carbonyl (C=O) groups excluding carboxylic acids is 1. The number of sulfonamides is 1. The maximum atomic E-state index is 14.0. The van der Waals surface area contributed by atoms with Crippen LogP contribution in [-0.2, 0) is 16.6 Å². The number of hydrazine groups is 1. The molecule has 6 nitrogen and oxygen atoms in total. The monoisotopic (exact) mass is 467 g/mol. The summed E-state index contributed by atoms with van der Waals surface area (Å²) in [5.41, 5.74) is 3.23. The molecule has 0 saturated carbocycles. The summed E-state index contributed by atoms with van der Waals surface area (Å²) in [5.74, 6) is -4.10. The number of carbonyl (C=O) groups is 1. The Morgan fingerprint density at radius 2 is 1.77 bits per heavy atom. The molecule has 0 bridgehead atoms. The fraction of sp³-hybridized carbons (Fsp3) is 0.0500. The van der Waals surface area contributed by atoms with Crippen molar-refractivity contribution in [2.24, 2.45) is 0 Å². The van der Waals surface area contributed by atoms with E-state index >= 15 is 0 Å². The smallest absolute Gasteiger partial charge is 0.277 e. The van der Waals surface area contributed by atoms with Gasteiger partial charge in [-0.3, -0.25) is 4.79 Å². The van der Waals surface area contributed by atoms with E-state index in [0.717, 1.165) is 16.5 Å². The first-order chi connectivity index (χ1) is 14.7. The van der Waals surface area contributed by atoms with Gasteiger partial charge in [-0.1, -0.05) is 23.7 Å². The molecule has 0 unspecified atom stereocenters. The van der Waals surface area contributed by atoms with E-state index in [4.69, 9.17) is 11.6 Å². The molecule has 1 aliphatic rings. The van der Waals surface area contributed by atoms with Crippen molar-refractivity contribution in [3.05, 3.63) is 88.2 Å². The highest BCUT2D eigenvalue weighted by Gasteiger charge is 2.32. The number of hydrogen-bond donors (Lipinski definition) is 2. The summed E-state index contributed by atoms with van der Waals surface area (Å²) in [4.78, 5) is 12.0. The van der Waals surface area contributed by atoms with E-state index in [2.05, 4.69) is 10.7 Å². The quantitative estimate of drug-likeness (QED) is 0.602. The van der Waals surface area contributed by atoms with Gasteiger partial charge in [0.2, 0.25) is 0 Å². The van der Waals surface area contributed by atoms with Crippen LogP contribution in [0.25, 0.3) is 0 Å². The Hall–Kier alpha value is -3.08. The number of rotatable bonds is 4. The second kappa shape index (κ2) is 7.88. The fourth-order valence-electron chi connectivity index (χ4n) is 3.09. The standard InChI is InChI=1S/C20H13ClF3N3O3S/c21-14-2-1-3-16(23)19(14)20(28)26-12-5-4-11-10-25-27(18(11)8-12)31(29,30)13-6-7-15(22)17(24)9-13/h1-9,25H,10H2,(H,26,28). The van der Waals surface area contributed by atoms with Crippen LogP contribution in [0.5, 0.6) is 0 Å². The Morgan fingerprint density at radius 3 is 2.48 bits per heavy atom. The number of fused-ring (bicyclic) bond motifs is 1. The second-order valence-electron chi connectivity index (χ2n) is 6.57. The number of nitrogens with one attached hydrogen (secondary N) is 2. The van der Waals surface area contributed by atoms with E-state index in [9.17, 15) is 26.4 Å². The van der Waals surface area contributed by atoms with Crippen molar-refractivity contribution in [3.63, 3.8) is 0 Å². The van der Waals surface area contributed by atoms with Crippen molar-refractivity contribution in [2.75, 3.05) is 9.73 Å². The van der Waals surface area contributed by atoms with Gasteiger partial charge >= 0.3 is 0 Å². The lowest BCUT2D eigenvalue weighted by Crippen LogP contribution is -2.38. The number of amides is 1. The number of nitrogens with zero attached hydrogens (tertiary/aromatic N) is 1. The highest BCUT2D eigenvalue weighted by molar-refractivity contribution is 7.92. The average molecular weight is 468 g/mol. The topological polar surface area (TPSA) is 78.5 Å². The molecule has 4 rings (SSSR count). The van der Waals surface area contributed by atoms with Gasteiger partial charge < -0.3 is 5.32 Å². The molecule has 31 heavy (non-hydrogen) atoms. The molecule has 11 heteroatoms. The molecule has 0 atom stereocenters. The number of anilines is 2. The van der Waals surface area contributed by atoms with Crippen molar-refractivity contribution < 1.29 is 26.4 Å². The molecule has 160 valence electrons. The van der Waals surface area contributed by atoms with E-state index in [0.29, 0.717) is 17.7 Å². The molecular weight excluding hydrogens is 455 g/mol. The third-order valence-electron chi connectivity index (χ3n) is 4.59. The molecule has 0 aliphatic carbocycles. The van der Waals surface area contributed by atoms with E-state index in [1.165, 1.54) is 24.3 Å². The van der Waals surface area contributed by atoms with Gasteiger partial charge in [0.1, 0.15) is 5.82 Å². The Kier molecular flexibility index (Phi) is 5.38. The normalized spacial score (nSPS) is 13.2. The third kappa shape index (κ3) is 3.85. The predicted octanol–water partition coefficient (Wildman–Crippen LogP) is 4.22. The van der Waals surface area contributed by atoms with Crippen LogP contribution < -0.4 is 15.2 Å². The first-order valence-electron chi connectivity index (χ1n) is 8.80. The minimum Gasteiger partial charge on any atom is -0.322 e. The Morgan fingerprint density at radius 1 is 1.00 bits per heavy atom. The molecule has 0 radical (unpaired) electrons. The second-order valence-corrected chi connectivity index (χ2v) is 8.77. The zero-order valence-corrected chi connectivity index (χ0v) is 17.1. The summed E-state index contributed by atoms with van der Waals surface area (Å²) >= 11 is 5.90. The molecule has 0 saturated heterocycles. The molecule has 1 aliphatic heterocycles. The zero-order chi connectivity index (χ0) is 22.3. The predicted molar refractivity (Wildman–Crippen MR) is 109 cm³/mol. The van der Waals surface area contributed by atoms with Gasteiger partial charge in [-0.15, -0.1) is 0 Å². The Bertz CT molecular complexity index is 1300. The van der Waals surface area contributed by atoms with Crippen molar-refractivity contribution in [2.45, 2.75) is 11.4 Å². The lowest BCUT2D eigenvalue weighted by Gasteiger charge is -2.20. The third-order valence-corrected chi connectivity index (χ3v) is 6.57. The molecule has 1 heterocycles. The van der Waals surface area contributed by atoms with Gasteiger partial charge in [0.05, 0.1) is 21.2 Å². The van der Waals surface area contributed by atoms with Crippen LogP contribution in [0.4, 0.5) is 24.5 Å². The highest BCUT2D eigenvalue weighted by Crippen LogP contribution is 2.33. The van der Waals surface area contributed by atoms with Crippen molar-refractivity contribution >= 4 is 38.9 Å². The zero-order valence-electron chi connectivity index (χ0n) is 15.5. The first kappa shape index (κ1) is 21.2. The number of benzene rings is 3.